The van der Waals surface area contributed by atoms with Gasteiger partial charge in [0.05, 0.1) is 12.3 Å². The van der Waals surface area contributed by atoms with Crippen molar-refractivity contribution >= 4 is 0 Å². The molecule has 0 radical (unpaired) electrons. The van der Waals surface area contributed by atoms with Crippen LogP contribution in [0.25, 0.3) is 11.3 Å². The second kappa shape index (κ2) is 13.3. The normalized spacial score (nSPS) is 11.0. The molecule has 2 rings (SSSR count). The van der Waals surface area contributed by atoms with Crippen molar-refractivity contribution in [3.8, 4) is 17.0 Å². The smallest absolute Gasteiger partial charge is 0.216 e. The summed E-state index contributed by atoms with van der Waals surface area (Å²) in [6.07, 6.45) is 12.8. The van der Waals surface area contributed by atoms with Crippen LogP contribution in [0, 0.1) is 5.95 Å². The molecule has 0 saturated heterocycles. The predicted octanol–water partition coefficient (Wildman–Crippen LogP) is 7.75. The van der Waals surface area contributed by atoms with Crippen LogP contribution in [0.2, 0.25) is 0 Å². The number of aryl methyl sites for hydroxylation is 1. The molecule has 3 heteroatoms. The van der Waals surface area contributed by atoms with E-state index in [1.54, 1.807) is 0 Å². The summed E-state index contributed by atoms with van der Waals surface area (Å²) >= 11 is 0. The molecule has 2 nitrogen and oxygen atoms in total. The fourth-order valence-electron chi connectivity index (χ4n) is 3.35. The van der Waals surface area contributed by atoms with Crippen molar-refractivity contribution in [1.82, 2.24) is 4.98 Å². The molecule has 0 unspecified atom stereocenters. The van der Waals surface area contributed by atoms with Crippen LogP contribution in [0.15, 0.2) is 36.4 Å². The van der Waals surface area contributed by atoms with Gasteiger partial charge in [0.25, 0.3) is 0 Å². The number of unbranched alkanes of at least 4 members (excludes halogenated alkanes) is 8. The van der Waals surface area contributed by atoms with Crippen molar-refractivity contribution in [3.05, 3.63) is 47.9 Å². The van der Waals surface area contributed by atoms with E-state index in [0.29, 0.717) is 5.69 Å². The fourth-order valence-corrected chi connectivity index (χ4v) is 3.35. The molecule has 0 N–H and O–H groups in total. The number of nitrogens with zero attached hydrogens (tertiary/aromatic N) is 1. The lowest BCUT2D eigenvalue weighted by atomic mass is 10.0. The minimum Gasteiger partial charge on any atom is -0.494 e. The molecule has 0 saturated carbocycles. The van der Waals surface area contributed by atoms with E-state index in [0.717, 1.165) is 42.7 Å². The molecule has 0 bridgehead atoms. The third-order valence-corrected chi connectivity index (χ3v) is 5.14. The number of rotatable bonds is 14. The van der Waals surface area contributed by atoms with Crippen LogP contribution in [0.1, 0.15) is 83.6 Å². The summed E-state index contributed by atoms with van der Waals surface area (Å²) < 4.78 is 20.1. The first-order chi connectivity index (χ1) is 13.7. The van der Waals surface area contributed by atoms with Crippen LogP contribution in [-0.4, -0.2) is 11.6 Å². The Morgan fingerprint density at radius 3 is 2.07 bits per heavy atom. The molecular weight excluding hydrogens is 349 g/mol. The molecule has 1 aromatic carbocycles. The predicted molar refractivity (Wildman–Crippen MR) is 116 cm³/mol. The van der Waals surface area contributed by atoms with E-state index in [9.17, 15) is 4.39 Å². The summed E-state index contributed by atoms with van der Waals surface area (Å²) in [5.74, 6) is 0.530. The maximum atomic E-state index is 14.4. The van der Waals surface area contributed by atoms with Gasteiger partial charge in [0.15, 0.2) is 0 Å². The Morgan fingerprint density at radius 1 is 0.750 bits per heavy atom. The molecule has 28 heavy (non-hydrogen) atoms. The molecular formula is C25H36FNO. The summed E-state index contributed by atoms with van der Waals surface area (Å²) in [5, 5.41) is 0. The van der Waals surface area contributed by atoms with Crippen molar-refractivity contribution < 1.29 is 9.13 Å². The molecule has 0 aliphatic carbocycles. The number of pyridine rings is 1. The lowest BCUT2D eigenvalue weighted by molar-refractivity contribution is 0.305. The maximum absolute atomic E-state index is 14.4. The van der Waals surface area contributed by atoms with Crippen molar-refractivity contribution in [1.29, 1.82) is 0 Å². The summed E-state index contributed by atoms with van der Waals surface area (Å²) in [7, 11) is 0. The van der Waals surface area contributed by atoms with Crippen LogP contribution >= 0.6 is 0 Å². The van der Waals surface area contributed by atoms with E-state index < -0.39 is 0 Å². The Morgan fingerprint density at radius 2 is 1.39 bits per heavy atom. The summed E-state index contributed by atoms with van der Waals surface area (Å²) in [6, 6.07) is 11.6. The third kappa shape index (κ3) is 8.00. The lowest BCUT2D eigenvalue weighted by Gasteiger charge is -2.08. The van der Waals surface area contributed by atoms with Gasteiger partial charge in [-0.25, -0.2) is 4.98 Å². The van der Waals surface area contributed by atoms with Gasteiger partial charge in [-0.2, -0.15) is 4.39 Å². The molecule has 0 spiro atoms. The van der Waals surface area contributed by atoms with Gasteiger partial charge < -0.3 is 4.74 Å². The van der Waals surface area contributed by atoms with E-state index in [4.69, 9.17) is 4.74 Å². The van der Waals surface area contributed by atoms with Crippen LogP contribution < -0.4 is 4.74 Å². The Balaban J connectivity index is 1.82. The van der Waals surface area contributed by atoms with Gasteiger partial charge in [-0.05, 0) is 49.6 Å². The Kier molecular flexibility index (Phi) is 10.6. The van der Waals surface area contributed by atoms with E-state index >= 15 is 0 Å². The SMILES string of the molecule is CCCCCCCCc1ccc(-c2ccc(OCCCCCC)cc2)nc1F. The Labute approximate surface area is 170 Å². The third-order valence-electron chi connectivity index (χ3n) is 5.14. The molecule has 0 fully saturated rings. The highest BCUT2D eigenvalue weighted by molar-refractivity contribution is 5.60. The van der Waals surface area contributed by atoms with E-state index in [1.807, 2.05) is 36.4 Å². The summed E-state index contributed by atoms with van der Waals surface area (Å²) in [4.78, 5) is 4.19. The summed E-state index contributed by atoms with van der Waals surface area (Å²) in [6.45, 7) is 5.18. The number of hydrogen-bond donors (Lipinski definition) is 0. The maximum Gasteiger partial charge on any atom is 0.216 e. The highest BCUT2D eigenvalue weighted by Crippen LogP contribution is 2.23. The quantitative estimate of drug-likeness (QED) is 0.245. The first-order valence-electron chi connectivity index (χ1n) is 11.1. The second-order valence-electron chi connectivity index (χ2n) is 7.60. The zero-order chi connectivity index (χ0) is 20.0. The molecule has 1 heterocycles. The number of aromatic nitrogens is 1. The molecule has 1 aromatic heterocycles. The number of ether oxygens (including phenoxy) is 1. The van der Waals surface area contributed by atoms with Crippen molar-refractivity contribution in [3.63, 3.8) is 0 Å². The van der Waals surface area contributed by atoms with Crippen LogP contribution in [0.4, 0.5) is 4.39 Å². The Bertz CT molecular complexity index is 669. The van der Waals surface area contributed by atoms with Gasteiger partial charge in [-0.15, -0.1) is 0 Å². The average Bonchev–Trinajstić information content (AvgIpc) is 2.72. The number of benzene rings is 1. The standard InChI is InChI=1S/C25H36FNO/c1-3-5-7-9-10-11-13-22-16-19-24(27-25(22)26)21-14-17-23(18-15-21)28-20-12-8-6-4-2/h14-19H,3-13,20H2,1-2H3. The first kappa shape index (κ1) is 22.4. The van der Waals surface area contributed by atoms with Gasteiger partial charge in [0.1, 0.15) is 5.75 Å². The van der Waals surface area contributed by atoms with E-state index in [-0.39, 0.29) is 5.95 Å². The van der Waals surface area contributed by atoms with Crippen molar-refractivity contribution in [2.45, 2.75) is 84.5 Å². The molecule has 0 aliphatic heterocycles. The number of halogens is 1. The molecule has 0 atom stereocenters. The Hall–Kier alpha value is -1.90. The van der Waals surface area contributed by atoms with Crippen molar-refractivity contribution in [2.24, 2.45) is 0 Å². The monoisotopic (exact) mass is 385 g/mol. The highest BCUT2D eigenvalue weighted by atomic mass is 19.1. The zero-order valence-corrected chi connectivity index (χ0v) is 17.7. The lowest BCUT2D eigenvalue weighted by Crippen LogP contribution is -1.98. The molecule has 2 aromatic rings. The molecule has 0 aliphatic rings. The fraction of sp³-hybridized carbons (Fsp3) is 0.560. The minimum absolute atomic E-state index is 0.331. The van der Waals surface area contributed by atoms with Gasteiger partial charge in [0.2, 0.25) is 5.95 Å². The molecule has 0 amide bonds. The van der Waals surface area contributed by atoms with Crippen LogP contribution in [0.3, 0.4) is 0 Å². The van der Waals surface area contributed by atoms with Crippen LogP contribution in [0.5, 0.6) is 5.75 Å². The van der Waals surface area contributed by atoms with Crippen molar-refractivity contribution in [2.75, 3.05) is 6.61 Å². The van der Waals surface area contributed by atoms with E-state index in [1.165, 1.54) is 51.4 Å². The number of hydrogen-bond acceptors (Lipinski definition) is 2. The zero-order valence-electron chi connectivity index (χ0n) is 17.7. The van der Waals surface area contributed by atoms with Gasteiger partial charge in [-0.3, -0.25) is 0 Å². The summed E-state index contributed by atoms with van der Waals surface area (Å²) in [5.41, 5.74) is 2.33. The highest BCUT2D eigenvalue weighted by Gasteiger charge is 2.07. The van der Waals surface area contributed by atoms with Gasteiger partial charge in [-0.1, -0.05) is 71.3 Å². The minimum atomic E-state index is -0.331. The van der Waals surface area contributed by atoms with Gasteiger partial charge in [0, 0.05) is 11.1 Å². The van der Waals surface area contributed by atoms with Crippen LogP contribution in [-0.2, 0) is 6.42 Å². The van der Waals surface area contributed by atoms with Gasteiger partial charge >= 0.3 is 0 Å². The first-order valence-corrected chi connectivity index (χ1v) is 11.1. The van der Waals surface area contributed by atoms with E-state index in [2.05, 4.69) is 18.8 Å². The molecule has 154 valence electrons. The largest absolute Gasteiger partial charge is 0.494 e. The second-order valence-corrected chi connectivity index (χ2v) is 7.60. The average molecular weight is 386 g/mol. The topological polar surface area (TPSA) is 22.1 Å².